The maximum atomic E-state index is 10.8. The Morgan fingerprint density at radius 2 is 2.44 bits per heavy atom. The predicted molar refractivity (Wildman–Crippen MR) is 62.6 cm³/mol. The fourth-order valence-electron chi connectivity index (χ4n) is 1.52. The molecule has 0 amide bonds. The van der Waals surface area contributed by atoms with Gasteiger partial charge in [-0.3, -0.25) is 0 Å². The molecular formula is C10H10BrN3O2. The Labute approximate surface area is 100 Å². The third kappa shape index (κ3) is 1.81. The van der Waals surface area contributed by atoms with Crippen LogP contribution in [-0.4, -0.2) is 27.5 Å². The molecule has 0 aliphatic rings. The van der Waals surface area contributed by atoms with Crippen LogP contribution in [0.1, 0.15) is 16.2 Å². The van der Waals surface area contributed by atoms with Gasteiger partial charge in [-0.25, -0.2) is 9.78 Å². The van der Waals surface area contributed by atoms with Gasteiger partial charge in [0.05, 0.1) is 17.6 Å². The second-order valence-corrected chi connectivity index (χ2v) is 4.08. The Bertz CT molecular complexity index is 550. The van der Waals surface area contributed by atoms with E-state index in [1.54, 1.807) is 18.3 Å². The molecule has 0 radical (unpaired) electrons. The zero-order valence-electron chi connectivity index (χ0n) is 8.57. The molecule has 2 aromatic rings. The number of hydrogen-bond acceptors (Lipinski definition) is 3. The number of carboxylic acids is 1. The molecule has 6 heteroatoms. The summed E-state index contributed by atoms with van der Waals surface area (Å²) in [6.07, 6.45) is 1.71. The number of nitrogens with zero attached hydrogens (tertiary/aromatic N) is 2. The normalized spacial score (nSPS) is 10.9. The summed E-state index contributed by atoms with van der Waals surface area (Å²) in [6.45, 7) is 0.624. The number of aromatic nitrogens is 2. The van der Waals surface area contributed by atoms with Crippen LogP contribution in [0.3, 0.4) is 0 Å². The molecule has 2 heterocycles. The van der Waals surface area contributed by atoms with Crippen LogP contribution in [-0.2, 0) is 6.54 Å². The van der Waals surface area contributed by atoms with Crippen LogP contribution < -0.4 is 5.32 Å². The number of aromatic carboxylic acids is 1. The maximum absolute atomic E-state index is 10.8. The third-order valence-electron chi connectivity index (χ3n) is 2.25. The molecule has 5 nitrogen and oxygen atoms in total. The van der Waals surface area contributed by atoms with Gasteiger partial charge in [-0.2, -0.15) is 0 Å². The van der Waals surface area contributed by atoms with Gasteiger partial charge in [0.15, 0.2) is 0 Å². The van der Waals surface area contributed by atoms with E-state index >= 15 is 0 Å². The molecule has 0 aliphatic heterocycles. The van der Waals surface area contributed by atoms with E-state index in [0.717, 1.165) is 11.3 Å². The number of carboxylic acid groups (broad SMARTS) is 1. The second-order valence-electron chi connectivity index (χ2n) is 3.32. The Morgan fingerprint density at radius 1 is 1.69 bits per heavy atom. The minimum atomic E-state index is -0.939. The van der Waals surface area contributed by atoms with E-state index in [1.807, 2.05) is 11.4 Å². The van der Waals surface area contributed by atoms with Gasteiger partial charge >= 0.3 is 5.97 Å². The molecule has 2 aromatic heterocycles. The van der Waals surface area contributed by atoms with E-state index in [9.17, 15) is 4.79 Å². The highest BCUT2D eigenvalue weighted by atomic mass is 79.9. The minimum absolute atomic E-state index is 0.254. The molecule has 2 rings (SSSR count). The van der Waals surface area contributed by atoms with Crippen molar-refractivity contribution in [2.75, 3.05) is 7.05 Å². The van der Waals surface area contributed by atoms with E-state index in [-0.39, 0.29) is 5.56 Å². The number of rotatable bonds is 3. The van der Waals surface area contributed by atoms with Gasteiger partial charge < -0.3 is 14.8 Å². The lowest BCUT2D eigenvalue weighted by molar-refractivity contribution is 0.0697. The highest BCUT2D eigenvalue weighted by Crippen LogP contribution is 2.20. The molecule has 0 spiro atoms. The summed E-state index contributed by atoms with van der Waals surface area (Å²) in [4.78, 5) is 15.1. The van der Waals surface area contributed by atoms with Crippen molar-refractivity contribution in [1.82, 2.24) is 14.7 Å². The average Bonchev–Trinajstić information content (AvgIpc) is 2.56. The predicted octanol–water partition coefficient (Wildman–Crippen LogP) is 1.51. The molecule has 0 bridgehead atoms. The molecule has 0 atom stereocenters. The van der Waals surface area contributed by atoms with Crippen LogP contribution >= 0.6 is 15.9 Å². The number of imidazole rings is 1. The number of hydrogen-bond donors (Lipinski definition) is 2. The summed E-state index contributed by atoms with van der Waals surface area (Å²) in [6, 6.07) is 3.15. The van der Waals surface area contributed by atoms with E-state index in [4.69, 9.17) is 5.11 Å². The van der Waals surface area contributed by atoms with Crippen molar-refractivity contribution in [2.45, 2.75) is 6.54 Å². The first-order valence-electron chi connectivity index (χ1n) is 4.68. The largest absolute Gasteiger partial charge is 0.478 e. The number of carbonyl (C=O) groups is 1. The average molecular weight is 284 g/mol. The quantitative estimate of drug-likeness (QED) is 0.896. The lowest BCUT2D eigenvalue weighted by Crippen LogP contribution is -2.09. The van der Waals surface area contributed by atoms with Crippen LogP contribution in [0.4, 0.5) is 0 Å². The van der Waals surface area contributed by atoms with Gasteiger partial charge in [0.25, 0.3) is 0 Å². The van der Waals surface area contributed by atoms with Crippen molar-refractivity contribution in [3.63, 3.8) is 0 Å². The van der Waals surface area contributed by atoms with Crippen LogP contribution in [0.15, 0.2) is 22.9 Å². The Kier molecular flexibility index (Phi) is 2.93. The Morgan fingerprint density at radius 3 is 3.06 bits per heavy atom. The standard InChI is InChI=1S/C10H10BrN3O2/c1-12-5-8-13-9(11)7-4-6(10(15)16)2-3-14(7)8/h2-4,12H,5H2,1H3,(H,15,16). The molecule has 0 saturated carbocycles. The molecule has 0 fully saturated rings. The van der Waals surface area contributed by atoms with Gasteiger partial charge in [0.2, 0.25) is 0 Å². The van der Waals surface area contributed by atoms with E-state index in [1.165, 1.54) is 0 Å². The maximum Gasteiger partial charge on any atom is 0.335 e. The van der Waals surface area contributed by atoms with Gasteiger partial charge in [0.1, 0.15) is 10.4 Å². The zero-order valence-corrected chi connectivity index (χ0v) is 10.2. The van der Waals surface area contributed by atoms with Gasteiger partial charge in [-0.15, -0.1) is 0 Å². The van der Waals surface area contributed by atoms with Crippen molar-refractivity contribution in [3.8, 4) is 0 Å². The fraction of sp³-hybridized carbons (Fsp3) is 0.200. The van der Waals surface area contributed by atoms with Gasteiger partial charge in [0, 0.05) is 6.20 Å². The van der Waals surface area contributed by atoms with Crippen molar-refractivity contribution < 1.29 is 9.90 Å². The van der Waals surface area contributed by atoms with E-state index in [2.05, 4.69) is 26.2 Å². The summed E-state index contributed by atoms with van der Waals surface area (Å²) in [5.41, 5.74) is 1.01. The number of halogens is 1. The van der Waals surface area contributed by atoms with Crippen molar-refractivity contribution >= 4 is 27.4 Å². The van der Waals surface area contributed by atoms with Gasteiger partial charge in [-0.1, -0.05) is 0 Å². The van der Waals surface area contributed by atoms with Crippen LogP contribution in [0.25, 0.3) is 5.52 Å². The topological polar surface area (TPSA) is 66.6 Å². The van der Waals surface area contributed by atoms with Crippen LogP contribution in [0, 0.1) is 0 Å². The van der Waals surface area contributed by atoms with Crippen LogP contribution in [0.2, 0.25) is 0 Å². The smallest absolute Gasteiger partial charge is 0.335 e. The Balaban J connectivity index is 2.61. The lowest BCUT2D eigenvalue weighted by atomic mass is 10.2. The summed E-state index contributed by atoms with van der Waals surface area (Å²) in [5, 5.41) is 11.9. The fourth-order valence-corrected chi connectivity index (χ4v) is 2.03. The number of fused-ring (bicyclic) bond motifs is 1. The highest BCUT2D eigenvalue weighted by Gasteiger charge is 2.11. The van der Waals surface area contributed by atoms with Gasteiger partial charge in [-0.05, 0) is 35.1 Å². The Hall–Kier alpha value is -1.40. The first-order valence-corrected chi connectivity index (χ1v) is 5.47. The van der Waals surface area contributed by atoms with Crippen molar-refractivity contribution in [2.24, 2.45) is 0 Å². The highest BCUT2D eigenvalue weighted by molar-refractivity contribution is 9.10. The summed E-state index contributed by atoms with van der Waals surface area (Å²) >= 11 is 3.32. The number of pyridine rings is 1. The van der Waals surface area contributed by atoms with Crippen molar-refractivity contribution in [3.05, 3.63) is 34.3 Å². The first-order chi connectivity index (χ1) is 7.63. The van der Waals surface area contributed by atoms with E-state index in [0.29, 0.717) is 11.1 Å². The molecule has 0 aliphatic carbocycles. The monoisotopic (exact) mass is 283 g/mol. The molecular weight excluding hydrogens is 274 g/mol. The summed E-state index contributed by atoms with van der Waals surface area (Å²) in [5.74, 6) is -0.105. The minimum Gasteiger partial charge on any atom is -0.478 e. The van der Waals surface area contributed by atoms with Crippen molar-refractivity contribution in [1.29, 1.82) is 0 Å². The van der Waals surface area contributed by atoms with E-state index < -0.39 is 5.97 Å². The first kappa shape index (κ1) is 11.1. The molecule has 84 valence electrons. The molecule has 0 unspecified atom stereocenters. The van der Waals surface area contributed by atoms with Crippen LogP contribution in [0.5, 0.6) is 0 Å². The third-order valence-corrected chi connectivity index (χ3v) is 2.84. The molecule has 0 aromatic carbocycles. The summed E-state index contributed by atoms with van der Waals surface area (Å²) in [7, 11) is 1.83. The molecule has 16 heavy (non-hydrogen) atoms. The number of nitrogens with one attached hydrogen (secondary N) is 1. The lowest BCUT2D eigenvalue weighted by Gasteiger charge is -2.00. The summed E-state index contributed by atoms with van der Waals surface area (Å²) < 4.78 is 2.51. The zero-order chi connectivity index (χ0) is 11.7. The second kappa shape index (κ2) is 4.23. The molecule has 2 N–H and O–H groups in total. The SMILES string of the molecule is CNCc1nc(Br)c2cc(C(=O)O)ccn12. The molecule has 0 saturated heterocycles.